The molecule has 0 aromatic carbocycles. The van der Waals surface area contributed by atoms with Gasteiger partial charge in [0, 0.05) is 0 Å². The zero-order valence-corrected chi connectivity index (χ0v) is 7.07. The van der Waals surface area contributed by atoms with Gasteiger partial charge in [0.1, 0.15) is 0 Å². The van der Waals surface area contributed by atoms with Gasteiger partial charge in [-0.25, -0.2) is 0 Å². The van der Waals surface area contributed by atoms with Crippen LogP contribution in [0.4, 0.5) is 0 Å². The first-order chi connectivity index (χ1) is 4.22. The monoisotopic (exact) mass is 126 g/mol. The van der Waals surface area contributed by atoms with E-state index in [-0.39, 0.29) is 0 Å². The van der Waals surface area contributed by atoms with Crippen molar-refractivity contribution >= 4 is 0 Å². The van der Waals surface area contributed by atoms with Crippen LogP contribution in [0.3, 0.4) is 0 Å². The van der Waals surface area contributed by atoms with Crippen LogP contribution in [0.1, 0.15) is 40.5 Å². The second-order valence-corrected chi connectivity index (χ2v) is 2.67. The highest BCUT2D eigenvalue weighted by atomic mass is 14.0. The van der Waals surface area contributed by atoms with Gasteiger partial charge in [-0.3, -0.25) is 0 Å². The van der Waals surface area contributed by atoms with Crippen LogP contribution in [-0.4, -0.2) is 0 Å². The van der Waals surface area contributed by atoms with Gasteiger partial charge in [-0.2, -0.15) is 0 Å². The molecule has 0 aliphatic carbocycles. The Morgan fingerprint density at radius 3 is 2.33 bits per heavy atom. The van der Waals surface area contributed by atoms with Crippen LogP contribution in [-0.2, 0) is 0 Å². The zero-order valence-electron chi connectivity index (χ0n) is 7.07. The highest BCUT2D eigenvalue weighted by Gasteiger charge is 1.97. The Labute approximate surface area is 59.0 Å². The van der Waals surface area contributed by atoms with Crippen LogP contribution in [0.2, 0.25) is 0 Å². The molecule has 0 aliphatic rings. The summed E-state index contributed by atoms with van der Waals surface area (Å²) in [7, 11) is 0. The van der Waals surface area contributed by atoms with E-state index in [9.17, 15) is 0 Å². The Kier molecular flexibility index (Phi) is 4.47. The summed E-state index contributed by atoms with van der Waals surface area (Å²) in [6.45, 7) is 8.92. The third-order valence-corrected chi connectivity index (χ3v) is 1.92. The lowest BCUT2D eigenvalue weighted by Crippen LogP contribution is -1.92. The Bertz CT molecular complexity index is 90.2. The van der Waals surface area contributed by atoms with Gasteiger partial charge < -0.3 is 0 Å². The summed E-state index contributed by atoms with van der Waals surface area (Å²) < 4.78 is 0. The van der Waals surface area contributed by atoms with E-state index in [1.54, 1.807) is 5.57 Å². The van der Waals surface area contributed by atoms with Crippen LogP contribution in [0.25, 0.3) is 0 Å². The lowest BCUT2D eigenvalue weighted by Gasteiger charge is -2.07. The van der Waals surface area contributed by atoms with Crippen LogP contribution in [0.5, 0.6) is 0 Å². The van der Waals surface area contributed by atoms with Crippen molar-refractivity contribution in [2.45, 2.75) is 40.5 Å². The molecular formula is C9H18. The lowest BCUT2D eigenvalue weighted by molar-refractivity contribution is 0.652. The smallest absolute Gasteiger partial charge is 0.0237 e. The Hall–Kier alpha value is -0.260. The average molecular weight is 126 g/mol. The number of rotatable bonds is 3. The molecule has 0 spiro atoms. The van der Waals surface area contributed by atoms with Gasteiger partial charge in [-0.1, -0.05) is 32.4 Å². The highest BCUT2D eigenvalue weighted by Crippen LogP contribution is 2.12. The minimum atomic E-state index is 0.782. The molecule has 0 nitrogen and oxygen atoms in total. The van der Waals surface area contributed by atoms with Crippen LogP contribution < -0.4 is 0 Å². The van der Waals surface area contributed by atoms with E-state index in [1.807, 2.05) is 0 Å². The molecule has 9 heavy (non-hydrogen) atoms. The Balaban J connectivity index is 3.70. The predicted molar refractivity (Wildman–Crippen MR) is 43.5 cm³/mol. The van der Waals surface area contributed by atoms with E-state index in [0.717, 1.165) is 5.92 Å². The maximum Gasteiger partial charge on any atom is -0.0237 e. The standard InChI is InChI=1S/C9H18/c1-5-7-9(4)8(3)6-2/h7-8H,5-6H2,1-4H3/b9-7-. The minimum Gasteiger partial charge on any atom is -0.0856 e. The molecule has 0 heteroatoms. The minimum absolute atomic E-state index is 0.782. The van der Waals surface area contributed by atoms with Gasteiger partial charge in [-0.05, 0) is 25.7 Å². The van der Waals surface area contributed by atoms with Crippen LogP contribution in [0, 0.1) is 5.92 Å². The maximum absolute atomic E-state index is 2.31. The molecule has 0 heterocycles. The molecule has 1 unspecified atom stereocenters. The first-order valence-electron chi connectivity index (χ1n) is 3.89. The molecule has 54 valence electrons. The van der Waals surface area contributed by atoms with E-state index in [4.69, 9.17) is 0 Å². The number of hydrogen-bond donors (Lipinski definition) is 0. The predicted octanol–water partition coefficient (Wildman–Crippen LogP) is 3.39. The Morgan fingerprint density at radius 1 is 1.44 bits per heavy atom. The summed E-state index contributed by atoms with van der Waals surface area (Å²) in [6.07, 6.45) is 4.76. The molecule has 0 amide bonds. The van der Waals surface area contributed by atoms with Gasteiger partial charge in [0.15, 0.2) is 0 Å². The SMILES string of the molecule is CC/C=C(/C)C(C)CC. The summed E-state index contributed by atoms with van der Waals surface area (Å²) in [5, 5.41) is 0. The molecule has 0 radical (unpaired) electrons. The van der Waals surface area contributed by atoms with Crippen LogP contribution in [0.15, 0.2) is 11.6 Å². The van der Waals surface area contributed by atoms with Crippen molar-refractivity contribution in [3.8, 4) is 0 Å². The van der Waals surface area contributed by atoms with Crippen molar-refractivity contribution < 1.29 is 0 Å². The van der Waals surface area contributed by atoms with Crippen LogP contribution >= 0.6 is 0 Å². The third kappa shape index (κ3) is 3.34. The molecule has 0 rings (SSSR count). The normalized spacial score (nSPS) is 15.8. The largest absolute Gasteiger partial charge is 0.0856 e. The summed E-state index contributed by atoms with van der Waals surface area (Å²) in [6, 6.07) is 0. The van der Waals surface area contributed by atoms with E-state index in [0.29, 0.717) is 0 Å². The first kappa shape index (κ1) is 8.74. The van der Waals surface area contributed by atoms with Crippen molar-refractivity contribution in [1.82, 2.24) is 0 Å². The lowest BCUT2D eigenvalue weighted by atomic mass is 9.99. The highest BCUT2D eigenvalue weighted by molar-refractivity contribution is 5.00. The second kappa shape index (κ2) is 4.60. The molecule has 0 fully saturated rings. The zero-order chi connectivity index (χ0) is 7.28. The van der Waals surface area contributed by atoms with E-state index in [2.05, 4.69) is 33.8 Å². The average Bonchev–Trinajstić information content (AvgIpc) is 1.87. The van der Waals surface area contributed by atoms with Gasteiger partial charge in [-0.15, -0.1) is 0 Å². The molecule has 1 atom stereocenters. The summed E-state index contributed by atoms with van der Waals surface area (Å²) in [4.78, 5) is 0. The topological polar surface area (TPSA) is 0 Å². The fourth-order valence-electron chi connectivity index (χ4n) is 0.845. The molecule has 0 aliphatic heterocycles. The maximum atomic E-state index is 2.31. The van der Waals surface area contributed by atoms with Gasteiger partial charge >= 0.3 is 0 Å². The molecule has 0 saturated heterocycles. The molecular weight excluding hydrogens is 108 g/mol. The van der Waals surface area contributed by atoms with E-state index < -0.39 is 0 Å². The third-order valence-electron chi connectivity index (χ3n) is 1.92. The Morgan fingerprint density at radius 2 is 2.00 bits per heavy atom. The molecule has 0 bridgehead atoms. The molecule has 0 saturated carbocycles. The van der Waals surface area contributed by atoms with Crippen molar-refractivity contribution in [1.29, 1.82) is 0 Å². The molecule has 0 N–H and O–H groups in total. The van der Waals surface area contributed by atoms with E-state index in [1.165, 1.54) is 12.8 Å². The summed E-state index contributed by atoms with van der Waals surface area (Å²) in [5.74, 6) is 0.782. The van der Waals surface area contributed by atoms with Gasteiger partial charge in [0.25, 0.3) is 0 Å². The summed E-state index contributed by atoms with van der Waals surface area (Å²) >= 11 is 0. The van der Waals surface area contributed by atoms with Crippen molar-refractivity contribution in [3.05, 3.63) is 11.6 Å². The van der Waals surface area contributed by atoms with Gasteiger partial charge in [0.2, 0.25) is 0 Å². The van der Waals surface area contributed by atoms with Gasteiger partial charge in [0.05, 0.1) is 0 Å². The number of hydrogen-bond acceptors (Lipinski definition) is 0. The number of allylic oxidation sites excluding steroid dienone is 2. The van der Waals surface area contributed by atoms with E-state index >= 15 is 0 Å². The molecule has 0 aromatic heterocycles. The quantitative estimate of drug-likeness (QED) is 0.508. The van der Waals surface area contributed by atoms with Crippen molar-refractivity contribution in [2.24, 2.45) is 5.92 Å². The van der Waals surface area contributed by atoms with Crippen molar-refractivity contribution in [2.75, 3.05) is 0 Å². The fourth-order valence-corrected chi connectivity index (χ4v) is 0.845. The second-order valence-electron chi connectivity index (χ2n) is 2.67. The fraction of sp³-hybridized carbons (Fsp3) is 0.778. The summed E-state index contributed by atoms with van der Waals surface area (Å²) in [5.41, 5.74) is 1.54. The van der Waals surface area contributed by atoms with Crippen molar-refractivity contribution in [3.63, 3.8) is 0 Å². The molecule has 0 aromatic rings. The first-order valence-corrected chi connectivity index (χ1v) is 3.89.